The number of carbonyl (C=O) groups excluding carboxylic acids is 1. The second-order valence-electron chi connectivity index (χ2n) is 5.33. The number of nitrogens with zero attached hydrogens (tertiary/aromatic N) is 1. The molecule has 5 heteroatoms. The maximum Gasteiger partial charge on any atom is 0.227 e. The molecule has 0 spiro atoms. The van der Waals surface area contributed by atoms with Crippen LogP contribution in [0.15, 0.2) is 18.2 Å². The van der Waals surface area contributed by atoms with Gasteiger partial charge in [-0.25, -0.2) is 8.78 Å². The molecule has 20 heavy (non-hydrogen) atoms. The van der Waals surface area contributed by atoms with E-state index < -0.39 is 17.7 Å². The van der Waals surface area contributed by atoms with Crippen LogP contribution >= 0.6 is 0 Å². The van der Waals surface area contributed by atoms with Gasteiger partial charge in [-0.2, -0.15) is 0 Å². The lowest BCUT2D eigenvalue weighted by Gasteiger charge is -2.31. The highest BCUT2D eigenvalue weighted by Gasteiger charge is 2.28. The summed E-state index contributed by atoms with van der Waals surface area (Å²) in [7, 11) is 1.64. The minimum Gasteiger partial charge on any atom is -0.339 e. The average Bonchev–Trinajstić information content (AvgIpc) is 2.48. The zero-order valence-electron chi connectivity index (χ0n) is 11.8. The van der Waals surface area contributed by atoms with Crippen molar-refractivity contribution in [1.29, 1.82) is 0 Å². The van der Waals surface area contributed by atoms with Crippen LogP contribution < -0.4 is 5.32 Å². The topological polar surface area (TPSA) is 32.3 Å². The number of carbonyl (C=O) groups is 1. The van der Waals surface area contributed by atoms with Gasteiger partial charge in [-0.3, -0.25) is 4.79 Å². The zero-order valence-corrected chi connectivity index (χ0v) is 11.8. The summed E-state index contributed by atoms with van der Waals surface area (Å²) in [6, 6.07) is 2.85. The molecule has 1 aromatic carbocycles. The summed E-state index contributed by atoms with van der Waals surface area (Å²) < 4.78 is 27.0. The third kappa shape index (κ3) is 3.15. The Morgan fingerprint density at radius 2 is 2.20 bits per heavy atom. The van der Waals surface area contributed by atoms with E-state index in [9.17, 15) is 13.6 Å². The van der Waals surface area contributed by atoms with Crippen molar-refractivity contribution in [3.05, 3.63) is 35.4 Å². The Hall–Kier alpha value is -1.49. The van der Waals surface area contributed by atoms with Crippen LogP contribution in [0.4, 0.5) is 8.78 Å². The molecular weight excluding hydrogens is 262 g/mol. The normalized spacial score (nSPS) is 20.5. The Labute approximate surface area is 118 Å². The first-order valence-corrected chi connectivity index (χ1v) is 6.93. The molecule has 1 saturated heterocycles. The van der Waals surface area contributed by atoms with Gasteiger partial charge in [-0.1, -0.05) is 0 Å². The lowest BCUT2D eigenvalue weighted by molar-refractivity contribution is -0.136. The van der Waals surface area contributed by atoms with Crippen molar-refractivity contribution >= 4 is 5.91 Å². The van der Waals surface area contributed by atoms with Crippen LogP contribution in [0.3, 0.4) is 0 Å². The molecule has 1 aliphatic rings. The number of amides is 1. The summed E-state index contributed by atoms with van der Waals surface area (Å²) in [5.41, 5.74) is 0.213. The van der Waals surface area contributed by atoms with Gasteiger partial charge in [-0.05, 0) is 44.5 Å². The predicted molar refractivity (Wildman–Crippen MR) is 73.1 cm³/mol. The standard InChI is InChI=1S/C15H20F2N2O/c1-10(13-8-12(16)5-6-14(13)17)19(2)15(20)11-4-3-7-18-9-11/h5-6,8,10-11,18H,3-4,7,9H2,1-2H3/t10?,11-/m0/s1. The molecule has 0 aromatic heterocycles. The predicted octanol–water partition coefficient (Wildman–Crippen LogP) is 2.48. The van der Waals surface area contributed by atoms with E-state index in [-0.39, 0.29) is 17.4 Å². The molecule has 2 rings (SSSR count). The van der Waals surface area contributed by atoms with Gasteiger partial charge < -0.3 is 10.2 Å². The van der Waals surface area contributed by atoms with E-state index in [1.54, 1.807) is 14.0 Å². The van der Waals surface area contributed by atoms with Crippen molar-refractivity contribution in [3.8, 4) is 0 Å². The molecule has 0 radical (unpaired) electrons. The third-order valence-electron chi connectivity index (χ3n) is 3.98. The monoisotopic (exact) mass is 282 g/mol. The van der Waals surface area contributed by atoms with E-state index in [0.717, 1.165) is 37.6 Å². The smallest absolute Gasteiger partial charge is 0.227 e. The van der Waals surface area contributed by atoms with Gasteiger partial charge in [0.25, 0.3) is 0 Å². The largest absolute Gasteiger partial charge is 0.339 e. The molecule has 1 N–H and O–H groups in total. The number of hydrogen-bond acceptors (Lipinski definition) is 2. The number of halogens is 2. The first-order chi connectivity index (χ1) is 9.50. The van der Waals surface area contributed by atoms with Crippen LogP contribution in [0.1, 0.15) is 31.4 Å². The zero-order chi connectivity index (χ0) is 14.7. The molecule has 1 heterocycles. The molecule has 0 bridgehead atoms. The van der Waals surface area contributed by atoms with E-state index in [1.807, 2.05) is 0 Å². The summed E-state index contributed by atoms with van der Waals surface area (Å²) in [5, 5.41) is 3.19. The Kier molecular flexibility index (Phi) is 4.70. The molecule has 1 fully saturated rings. The van der Waals surface area contributed by atoms with E-state index in [1.165, 1.54) is 4.90 Å². The summed E-state index contributed by atoms with van der Waals surface area (Å²) >= 11 is 0. The van der Waals surface area contributed by atoms with Crippen molar-refractivity contribution in [3.63, 3.8) is 0 Å². The van der Waals surface area contributed by atoms with Crippen molar-refractivity contribution in [1.82, 2.24) is 10.2 Å². The van der Waals surface area contributed by atoms with Crippen LogP contribution in [-0.4, -0.2) is 30.9 Å². The highest BCUT2D eigenvalue weighted by Crippen LogP contribution is 2.25. The Morgan fingerprint density at radius 3 is 2.85 bits per heavy atom. The van der Waals surface area contributed by atoms with Crippen molar-refractivity contribution in [2.45, 2.75) is 25.8 Å². The molecule has 1 amide bonds. The number of rotatable bonds is 3. The van der Waals surface area contributed by atoms with Gasteiger partial charge >= 0.3 is 0 Å². The average molecular weight is 282 g/mol. The number of piperidine rings is 1. The second kappa shape index (κ2) is 6.31. The molecule has 1 aromatic rings. The summed E-state index contributed by atoms with van der Waals surface area (Å²) in [4.78, 5) is 13.9. The minimum atomic E-state index is -0.492. The Balaban J connectivity index is 2.12. The Morgan fingerprint density at radius 1 is 1.45 bits per heavy atom. The minimum absolute atomic E-state index is 0.0200. The van der Waals surface area contributed by atoms with Crippen LogP contribution in [0.2, 0.25) is 0 Å². The Bertz CT molecular complexity index is 487. The van der Waals surface area contributed by atoms with E-state index in [0.29, 0.717) is 6.54 Å². The summed E-state index contributed by atoms with van der Waals surface area (Å²) in [5.74, 6) is -1.07. The SMILES string of the molecule is CC(c1cc(F)ccc1F)N(C)C(=O)[C@H]1CCCNC1. The van der Waals surface area contributed by atoms with Crippen molar-refractivity contribution in [2.24, 2.45) is 5.92 Å². The van der Waals surface area contributed by atoms with Crippen LogP contribution in [-0.2, 0) is 4.79 Å². The van der Waals surface area contributed by atoms with E-state index >= 15 is 0 Å². The molecule has 1 aliphatic heterocycles. The van der Waals surface area contributed by atoms with Crippen LogP contribution in [0.5, 0.6) is 0 Å². The highest BCUT2D eigenvalue weighted by atomic mass is 19.1. The van der Waals surface area contributed by atoms with Gasteiger partial charge in [0.1, 0.15) is 11.6 Å². The molecule has 0 aliphatic carbocycles. The molecule has 110 valence electrons. The molecule has 0 saturated carbocycles. The van der Waals surface area contributed by atoms with Gasteiger partial charge in [0.05, 0.1) is 12.0 Å². The lowest BCUT2D eigenvalue weighted by atomic mass is 9.96. The highest BCUT2D eigenvalue weighted by molar-refractivity contribution is 5.79. The molecule has 1 unspecified atom stereocenters. The van der Waals surface area contributed by atoms with Gasteiger partial charge in [0.2, 0.25) is 5.91 Å². The fourth-order valence-corrected chi connectivity index (χ4v) is 2.58. The quantitative estimate of drug-likeness (QED) is 0.923. The van der Waals surface area contributed by atoms with Gasteiger partial charge in [0, 0.05) is 19.2 Å². The van der Waals surface area contributed by atoms with E-state index in [4.69, 9.17) is 0 Å². The maximum absolute atomic E-state index is 13.8. The first kappa shape index (κ1) is 14.9. The first-order valence-electron chi connectivity index (χ1n) is 6.93. The van der Waals surface area contributed by atoms with E-state index in [2.05, 4.69) is 5.32 Å². The number of hydrogen-bond donors (Lipinski definition) is 1. The number of benzene rings is 1. The van der Waals surface area contributed by atoms with Crippen LogP contribution in [0.25, 0.3) is 0 Å². The third-order valence-corrected chi connectivity index (χ3v) is 3.98. The fourth-order valence-electron chi connectivity index (χ4n) is 2.58. The van der Waals surface area contributed by atoms with Gasteiger partial charge in [0.15, 0.2) is 0 Å². The summed E-state index contributed by atoms with van der Waals surface area (Å²) in [6.07, 6.45) is 1.81. The van der Waals surface area contributed by atoms with Gasteiger partial charge in [-0.15, -0.1) is 0 Å². The van der Waals surface area contributed by atoms with Crippen LogP contribution in [0, 0.1) is 17.6 Å². The summed E-state index contributed by atoms with van der Waals surface area (Å²) in [6.45, 7) is 3.30. The van der Waals surface area contributed by atoms with Crippen molar-refractivity contribution < 1.29 is 13.6 Å². The molecular formula is C15H20F2N2O. The number of nitrogens with one attached hydrogen (secondary N) is 1. The fraction of sp³-hybridized carbons (Fsp3) is 0.533. The van der Waals surface area contributed by atoms with Crippen molar-refractivity contribution in [2.75, 3.05) is 20.1 Å². The maximum atomic E-state index is 13.8. The second-order valence-corrected chi connectivity index (χ2v) is 5.33. The molecule has 3 nitrogen and oxygen atoms in total. The molecule has 2 atom stereocenters. The lowest BCUT2D eigenvalue weighted by Crippen LogP contribution is -2.42.